The first kappa shape index (κ1) is 12.5. The maximum Gasteiger partial charge on any atom is 0.112 e. The summed E-state index contributed by atoms with van der Waals surface area (Å²) in [6.07, 6.45) is 1.77. The van der Waals surface area contributed by atoms with Crippen molar-refractivity contribution < 1.29 is 0 Å². The van der Waals surface area contributed by atoms with Crippen LogP contribution in [-0.4, -0.2) is 31.8 Å². The van der Waals surface area contributed by atoms with Gasteiger partial charge in [-0.25, -0.2) is 4.68 Å². The van der Waals surface area contributed by atoms with Crippen LogP contribution in [0.15, 0.2) is 24.4 Å². The second-order valence-corrected chi connectivity index (χ2v) is 4.37. The van der Waals surface area contributed by atoms with E-state index in [0.29, 0.717) is 13.1 Å². The summed E-state index contributed by atoms with van der Waals surface area (Å²) in [5.74, 6) is 0. The molecule has 0 bridgehead atoms. The highest BCUT2D eigenvalue weighted by atomic mass is 15.4. The van der Waals surface area contributed by atoms with E-state index in [9.17, 15) is 0 Å². The highest BCUT2D eigenvalue weighted by molar-refractivity contribution is 5.57. The maximum absolute atomic E-state index is 4.22. The Hall–Kier alpha value is -1.95. The summed E-state index contributed by atoms with van der Waals surface area (Å²) < 4.78 is 3.69. The topological polar surface area (TPSA) is 60.6 Å². The van der Waals surface area contributed by atoms with Crippen LogP contribution in [0.1, 0.15) is 12.6 Å². The molecule has 0 aromatic carbocycles. The molecule has 0 spiro atoms. The van der Waals surface area contributed by atoms with Crippen molar-refractivity contribution >= 4 is 0 Å². The van der Waals surface area contributed by atoms with Crippen LogP contribution in [0.2, 0.25) is 0 Å². The summed E-state index contributed by atoms with van der Waals surface area (Å²) in [4.78, 5) is 0. The molecule has 18 heavy (non-hydrogen) atoms. The van der Waals surface area contributed by atoms with Crippen molar-refractivity contribution in [3.8, 4) is 11.4 Å². The molecular formula is C12H18N6. The van der Waals surface area contributed by atoms with Crippen molar-refractivity contribution in [2.24, 2.45) is 7.05 Å². The largest absolute Gasteiger partial charge is 0.314 e. The standard InChI is InChI=1S/C12H18N6/c1-9(2)8-18-12(10(7-13-3)15-16-18)11-5-6-14-17(11)4/h5-6,13H,1,7-8H2,2-4H3. The van der Waals surface area contributed by atoms with Gasteiger partial charge in [-0.3, -0.25) is 4.68 Å². The molecule has 0 aliphatic carbocycles. The summed E-state index contributed by atoms with van der Waals surface area (Å²) in [6, 6.07) is 1.97. The van der Waals surface area contributed by atoms with E-state index in [4.69, 9.17) is 0 Å². The highest BCUT2D eigenvalue weighted by Gasteiger charge is 2.16. The van der Waals surface area contributed by atoms with Crippen molar-refractivity contribution in [2.75, 3.05) is 7.05 Å². The number of hydrogen-bond donors (Lipinski definition) is 1. The number of aromatic nitrogens is 5. The Labute approximate surface area is 106 Å². The van der Waals surface area contributed by atoms with Crippen LogP contribution in [0.4, 0.5) is 0 Å². The van der Waals surface area contributed by atoms with Crippen LogP contribution in [0.5, 0.6) is 0 Å². The quantitative estimate of drug-likeness (QED) is 0.799. The lowest BCUT2D eigenvalue weighted by Crippen LogP contribution is -2.10. The van der Waals surface area contributed by atoms with E-state index in [-0.39, 0.29) is 0 Å². The molecule has 2 aromatic heterocycles. The third kappa shape index (κ3) is 2.33. The SMILES string of the molecule is C=C(C)Cn1nnc(CNC)c1-c1ccnn1C. The number of nitrogens with zero attached hydrogens (tertiary/aromatic N) is 5. The molecule has 0 atom stereocenters. The lowest BCUT2D eigenvalue weighted by molar-refractivity contribution is 0.642. The molecule has 1 N–H and O–H groups in total. The molecule has 0 saturated carbocycles. The minimum atomic E-state index is 0.664. The molecular weight excluding hydrogens is 228 g/mol. The Kier molecular flexibility index (Phi) is 3.57. The molecule has 2 aromatic rings. The molecule has 0 aliphatic rings. The van der Waals surface area contributed by atoms with E-state index < -0.39 is 0 Å². The van der Waals surface area contributed by atoms with Crippen molar-refractivity contribution in [3.05, 3.63) is 30.1 Å². The zero-order chi connectivity index (χ0) is 13.1. The van der Waals surface area contributed by atoms with Gasteiger partial charge in [-0.15, -0.1) is 5.10 Å². The Morgan fingerprint density at radius 3 is 2.83 bits per heavy atom. The van der Waals surface area contributed by atoms with Crippen molar-refractivity contribution in [1.82, 2.24) is 30.1 Å². The summed E-state index contributed by atoms with van der Waals surface area (Å²) in [5, 5.41) is 15.7. The minimum Gasteiger partial charge on any atom is -0.314 e. The number of rotatable bonds is 5. The van der Waals surface area contributed by atoms with E-state index in [1.807, 2.05) is 36.4 Å². The number of nitrogens with one attached hydrogen (secondary N) is 1. The smallest absolute Gasteiger partial charge is 0.112 e. The van der Waals surface area contributed by atoms with Crippen LogP contribution >= 0.6 is 0 Å². The predicted molar refractivity (Wildman–Crippen MR) is 69.8 cm³/mol. The molecule has 0 amide bonds. The summed E-state index contributed by atoms with van der Waals surface area (Å²) in [6.45, 7) is 7.24. The first-order valence-corrected chi connectivity index (χ1v) is 5.83. The highest BCUT2D eigenvalue weighted by Crippen LogP contribution is 2.22. The average molecular weight is 246 g/mol. The fourth-order valence-corrected chi connectivity index (χ4v) is 1.89. The summed E-state index contributed by atoms with van der Waals surface area (Å²) >= 11 is 0. The minimum absolute atomic E-state index is 0.664. The van der Waals surface area contributed by atoms with E-state index in [1.165, 1.54) is 0 Å². The van der Waals surface area contributed by atoms with Crippen molar-refractivity contribution in [1.29, 1.82) is 0 Å². The molecule has 0 aliphatic heterocycles. The van der Waals surface area contributed by atoms with Gasteiger partial charge < -0.3 is 5.32 Å². The van der Waals surface area contributed by atoms with Gasteiger partial charge in [0.1, 0.15) is 11.4 Å². The van der Waals surface area contributed by atoms with E-state index in [0.717, 1.165) is 22.7 Å². The van der Waals surface area contributed by atoms with Crippen molar-refractivity contribution in [2.45, 2.75) is 20.0 Å². The maximum atomic E-state index is 4.22. The second-order valence-electron chi connectivity index (χ2n) is 4.37. The molecule has 6 nitrogen and oxygen atoms in total. The Bertz CT molecular complexity index is 551. The molecule has 6 heteroatoms. The van der Waals surface area contributed by atoms with Crippen LogP contribution in [0.3, 0.4) is 0 Å². The summed E-state index contributed by atoms with van der Waals surface area (Å²) in [7, 11) is 3.81. The van der Waals surface area contributed by atoms with E-state index >= 15 is 0 Å². The second kappa shape index (κ2) is 5.14. The first-order chi connectivity index (χ1) is 8.63. The molecule has 2 rings (SSSR count). The monoisotopic (exact) mass is 246 g/mol. The Morgan fingerprint density at radius 1 is 1.50 bits per heavy atom. The van der Waals surface area contributed by atoms with Crippen LogP contribution < -0.4 is 5.32 Å². The first-order valence-electron chi connectivity index (χ1n) is 5.83. The van der Waals surface area contributed by atoms with Gasteiger partial charge >= 0.3 is 0 Å². The van der Waals surface area contributed by atoms with Gasteiger partial charge in [0.05, 0.1) is 12.2 Å². The van der Waals surface area contributed by atoms with Crippen LogP contribution in [-0.2, 0) is 20.1 Å². The third-order valence-electron chi connectivity index (χ3n) is 2.63. The number of hydrogen-bond acceptors (Lipinski definition) is 4. The molecule has 96 valence electrons. The summed E-state index contributed by atoms with van der Waals surface area (Å²) in [5.41, 5.74) is 3.96. The molecule has 0 fully saturated rings. The average Bonchev–Trinajstić information content (AvgIpc) is 2.86. The van der Waals surface area contributed by atoms with Gasteiger partial charge in [-0.2, -0.15) is 5.10 Å². The van der Waals surface area contributed by atoms with Gasteiger partial charge in [0, 0.05) is 19.8 Å². The van der Waals surface area contributed by atoms with E-state index in [1.54, 1.807) is 6.20 Å². The molecule has 0 saturated heterocycles. The van der Waals surface area contributed by atoms with Gasteiger partial charge in [-0.05, 0) is 20.0 Å². The molecule has 0 radical (unpaired) electrons. The zero-order valence-corrected chi connectivity index (χ0v) is 11.0. The third-order valence-corrected chi connectivity index (χ3v) is 2.63. The fraction of sp³-hybridized carbons (Fsp3) is 0.417. The lowest BCUT2D eigenvalue weighted by Gasteiger charge is -2.08. The zero-order valence-electron chi connectivity index (χ0n) is 11.0. The Balaban J connectivity index is 2.50. The van der Waals surface area contributed by atoms with Crippen molar-refractivity contribution in [3.63, 3.8) is 0 Å². The van der Waals surface area contributed by atoms with Gasteiger partial charge in [0.2, 0.25) is 0 Å². The van der Waals surface area contributed by atoms with Crippen LogP contribution in [0, 0.1) is 0 Å². The van der Waals surface area contributed by atoms with Gasteiger partial charge in [-0.1, -0.05) is 17.4 Å². The molecule has 2 heterocycles. The number of aryl methyl sites for hydroxylation is 1. The Morgan fingerprint density at radius 2 is 2.28 bits per heavy atom. The molecule has 0 unspecified atom stereocenters. The number of allylic oxidation sites excluding steroid dienone is 1. The van der Waals surface area contributed by atoms with Gasteiger partial charge in [0.15, 0.2) is 0 Å². The van der Waals surface area contributed by atoms with Gasteiger partial charge in [0.25, 0.3) is 0 Å². The fourth-order valence-electron chi connectivity index (χ4n) is 1.89. The normalized spacial score (nSPS) is 10.8. The lowest BCUT2D eigenvalue weighted by atomic mass is 10.2. The van der Waals surface area contributed by atoms with Crippen LogP contribution in [0.25, 0.3) is 11.4 Å². The van der Waals surface area contributed by atoms with E-state index in [2.05, 4.69) is 27.3 Å². The predicted octanol–water partition coefficient (Wildman–Crippen LogP) is 0.974.